The van der Waals surface area contributed by atoms with Gasteiger partial charge in [0, 0.05) is 31.9 Å². The number of carbonyl (C=O) groups is 1. The largest absolute Gasteiger partial charge is 0.356 e. The van der Waals surface area contributed by atoms with E-state index in [2.05, 4.69) is 15.1 Å². The Morgan fingerprint density at radius 1 is 0.909 bits per heavy atom. The van der Waals surface area contributed by atoms with E-state index in [9.17, 15) is 13.2 Å². The third-order valence-electron chi connectivity index (χ3n) is 6.29. The van der Waals surface area contributed by atoms with Crippen LogP contribution in [0.15, 0.2) is 47.6 Å². The molecule has 176 valence electrons. The van der Waals surface area contributed by atoms with E-state index in [0.717, 1.165) is 39.1 Å². The molecule has 33 heavy (non-hydrogen) atoms. The summed E-state index contributed by atoms with van der Waals surface area (Å²) >= 11 is 0. The Balaban J connectivity index is 1.49. The fourth-order valence-corrected chi connectivity index (χ4v) is 5.54. The minimum atomic E-state index is -3.70. The van der Waals surface area contributed by atoms with Crippen LogP contribution in [-0.4, -0.2) is 37.2 Å². The van der Waals surface area contributed by atoms with Crippen molar-refractivity contribution in [1.82, 2.24) is 19.8 Å². The molecule has 0 aliphatic rings. The number of benzene rings is 2. The summed E-state index contributed by atoms with van der Waals surface area (Å²) in [4.78, 5) is 12.5. The van der Waals surface area contributed by atoms with Crippen molar-refractivity contribution in [3.05, 3.63) is 76.1 Å². The van der Waals surface area contributed by atoms with Gasteiger partial charge in [-0.15, -0.1) is 0 Å². The summed E-state index contributed by atoms with van der Waals surface area (Å²) in [5.41, 5.74) is 6.66. The number of carbonyl (C=O) groups excluding carboxylic acids is 1. The van der Waals surface area contributed by atoms with Crippen LogP contribution in [0.5, 0.6) is 0 Å². The first kappa shape index (κ1) is 24.7. The maximum absolute atomic E-state index is 12.9. The number of amides is 1. The standard InChI is InChI=1S/C25H32N4O3S/c1-17-18(2)20(4)25(21(5)19(17)3)33(31,32)28-15-12-24(30)26-14-11-22-7-9-23(10-8-22)29-16-6-13-27-29/h6-10,13,16,28H,11-12,14-15H2,1-5H3,(H,26,30). The molecule has 0 atom stereocenters. The lowest BCUT2D eigenvalue weighted by Gasteiger charge is -2.19. The first-order valence-corrected chi connectivity index (χ1v) is 12.5. The maximum atomic E-state index is 12.9. The van der Waals surface area contributed by atoms with E-state index in [0.29, 0.717) is 17.9 Å². The van der Waals surface area contributed by atoms with E-state index in [1.807, 2.05) is 71.1 Å². The maximum Gasteiger partial charge on any atom is 0.241 e. The molecule has 8 heteroatoms. The Bertz CT molecular complexity index is 1200. The minimum Gasteiger partial charge on any atom is -0.356 e. The Hall–Kier alpha value is -2.97. The second-order valence-corrected chi connectivity index (χ2v) is 10.0. The molecule has 3 rings (SSSR count). The summed E-state index contributed by atoms with van der Waals surface area (Å²) in [6.45, 7) is 10.1. The van der Waals surface area contributed by atoms with Gasteiger partial charge in [0.15, 0.2) is 0 Å². The van der Waals surface area contributed by atoms with E-state index in [4.69, 9.17) is 0 Å². The van der Waals surface area contributed by atoms with Crippen molar-refractivity contribution in [3.63, 3.8) is 0 Å². The second-order valence-electron chi connectivity index (χ2n) is 8.32. The SMILES string of the molecule is Cc1c(C)c(C)c(S(=O)(=O)NCCC(=O)NCCc2ccc(-n3cccn3)cc2)c(C)c1C. The molecule has 1 aromatic heterocycles. The molecule has 1 heterocycles. The summed E-state index contributed by atoms with van der Waals surface area (Å²) in [7, 11) is -3.70. The van der Waals surface area contributed by atoms with Gasteiger partial charge >= 0.3 is 0 Å². The van der Waals surface area contributed by atoms with E-state index < -0.39 is 10.0 Å². The van der Waals surface area contributed by atoms with E-state index >= 15 is 0 Å². The van der Waals surface area contributed by atoms with Crippen LogP contribution in [0.4, 0.5) is 0 Å². The highest BCUT2D eigenvalue weighted by Crippen LogP contribution is 2.29. The Morgan fingerprint density at radius 2 is 1.52 bits per heavy atom. The average molecular weight is 469 g/mol. The van der Waals surface area contributed by atoms with Gasteiger partial charge in [0.1, 0.15) is 0 Å². The number of aromatic nitrogens is 2. The highest BCUT2D eigenvalue weighted by molar-refractivity contribution is 7.89. The summed E-state index contributed by atoms with van der Waals surface area (Å²) in [5.74, 6) is -0.185. The molecule has 0 saturated carbocycles. The van der Waals surface area contributed by atoms with Gasteiger partial charge in [0.05, 0.1) is 10.6 Å². The Labute approximate surface area is 196 Å². The van der Waals surface area contributed by atoms with Gasteiger partial charge in [-0.2, -0.15) is 5.10 Å². The molecule has 0 saturated heterocycles. The van der Waals surface area contributed by atoms with E-state index in [-0.39, 0.29) is 18.9 Å². The minimum absolute atomic E-state index is 0.0532. The highest BCUT2D eigenvalue weighted by Gasteiger charge is 2.23. The van der Waals surface area contributed by atoms with Crippen LogP contribution in [0.3, 0.4) is 0 Å². The summed E-state index contributed by atoms with van der Waals surface area (Å²) in [6.07, 6.45) is 4.39. The third kappa shape index (κ3) is 5.69. The van der Waals surface area contributed by atoms with Gasteiger partial charge in [-0.1, -0.05) is 12.1 Å². The summed E-state index contributed by atoms with van der Waals surface area (Å²) in [6, 6.07) is 9.85. The average Bonchev–Trinajstić information content (AvgIpc) is 3.31. The molecule has 0 aliphatic carbocycles. The van der Waals surface area contributed by atoms with Gasteiger partial charge in [0.2, 0.25) is 15.9 Å². The quantitative estimate of drug-likeness (QED) is 0.503. The molecule has 3 aromatic rings. The number of hydrogen-bond donors (Lipinski definition) is 2. The van der Waals surface area contributed by atoms with Crippen LogP contribution >= 0.6 is 0 Å². The third-order valence-corrected chi connectivity index (χ3v) is 8.02. The van der Waals surface area contributed by atoms with Crippen molar-refractivity contribution >= 4 is 15.9 Å². The van der Waals surface area contributed by atoms with Crippen LogP contribution in [0.2, 0.25) is 0 Å². The number of nitrogens with zero attached hydrogens (tertiary/aromatic N) is 2. The molecule has 0 unspecified atom stereocenters. The van der Waals surface area contributed by atoms with Gasteiger partial charge in [-0.3, -0.25) is 4.79 Å². The molecule has 0 radical (unpaired) electrons. The van der Waals surface area contributed by atoms with E-state index in [1.54, 1.807) is 10.9 Å². The monoisotopic (exact) mass is 468 g/mol. The fraction of sp³-hybridized carbons (Fsp3) is 0.360. The molecule has 0 spiro atoms. The molecule has 0 fully saturated rings. The van der Waals surface area contributed by atoms with Gasteiger partial charge in [0.25, 0.3) is 0 Å². The zero-order valence-electron chi connectivity index (χ0n) is 19.9. The topological polar surface area (TPSA) is 93.1 Å². The molecule has 7 nitrogen and oxygen atoms in total. The molecular formula is C25H32N4O3S. The fourth-order valence-electron chi connectivity index (χ4n) is 3.91. The van der Waals surface area contributed by atoms with Crippen LogP contribution in [0.1, 0.15) is 39.8 Å². The number of hydrogen-bond acceptors (Lipinski definition) is 4. The van der Waals surface area contributed by atoms with Gasteiger partial charge < -0.3 is 5.32 Å². The zero-order chi connectivity index (χ0) is 24.2. The van der Waals surface area contributed by atoms with Crippen LogP contribution < -0.4 is 10.0 Å². The lowest BCUT2D eigenvalue weighted by molar-refractivity contribution is -0.120. The van der Waals surface area contributed by atoms with Crippen molar-refractivity contribution in [3.8, 4) is 5.69 Å². The lowest BCUT2D eigenvalue weighted by atomic mass is 9.95. The molecule has 0 bridgehead atoms. The zero-order valence-corrected chi connectivity index (χ0v) is 20.7. The van der Waals surface area contributed by atoms with Crippen molar-refractivity contribution in [1.29, 1.82) is 0 Å². The van der Waals surface area contributed by atoms with Crippen molar-refractivity contribution in [2.75, 3.05) is 13.1 Å². The van der Waals surface area contributed by atoms with Crippen LogP contribution in [0.25, 0.3) is 5.69 Å². The number of nitrogens with one attached hydrogen (secondary N) is 2. The molecular weight excluding hydrogens is 436 g/mol. The Kier molecular flexibility index (Phi) is 7.71. The van der Waals surface area contributed by atoms with Crippen molar-refractivity contribution in [2.24, 2.45) is 0 Å². The summed E-state index contributed by atoms with van der Waals surface area (Å²) < 4.78 is 30.2. The molecule has 2 aromatic carbocycles. The highest BCUT2D eigenvalue weighted by atomic mass is 32.2. The predicted octanol–water partition coefficient (Wildman–Crippen LogP) is 3.44. The van der Waals surface area contributed by atoms with Crippen molar-refractivity contribution in [2.45, 2.75) is 52.4 Å². The molecule has 0 aliphatic heterocycles. The number of sulfonamides is 1. The van der Waals surface area contributed by atoms with Crippen LogP contribution in [0, 0.1) is 34.6 Å². The Morgan fingerprint density at radius 3 is 2.09 bits per heavy atom. The van der Waals surface area contributed by atoms with Gasteiger partial charge in [-0.05, 0) is 92.6 Å². The second kappa shape index (κ2) is 10.3. The first-order chi connectivity index (χ1) is 15.6. The number of rotatable bonds is 9. The summed E-state index contributed by atoms with van der Waals surface area (Å²) in [5, 5.41) is 7.06. The lowest BCUT2D eigenvalue weighted by Crippen LogP contribution is -2.32. The smallest absolute Gasteiger partial charge is 0.241 e. The normalized spacial score (nSPS) is 11.5. The predicted molar refractivity (Wildman–Crippen MR) is 130 cm³/mol. The van der Waals surface area contributed by atoms with Gasteiger partial charge in [-0.25, -0.2) is 17.8 Å². The molecule has 1 amide bonds. The molecule has 2 N–H and O–H groups in total. The van der Waals surface area contributed by atoms with E-state index in [1.165, 1.54) is 0 Å². The van der Waals surface area contributed by atoms with Crippen molar-refractivity contribution < 1.29 is 13.2 Å². The first-order valence-electron chi connectivity index (χ1n) is 11.0. The van der Waals surface area contributed by atoms with Crippen LogP contribution in [-0.2, 0) is 21.2 Å².